The smallest absolute Gasteiger partial charge is 0.337 e. The van der Waals surface area contributed by atoms with Gasteiger partial charge in [-0.05, 0) is 19.1 Å². The Morgan fingerprint density at radius 3 is 2.56 bits per heavy atom. The van der Waals surface area contributed by atoms with Crippen LogP contribution in [0.1, 0.15) is 18.4 Å². The van der Waals surface area contributed by atoms with Crippen molar-refractivity contribution in [3.63, 3.8) is 0 Å². The van der Waals surface area contributed by atoms with Crippen LogP contribution < -0.4 is 11.1 Å². The highest BCUT2D eigenvalue weighted by atomic mass is 32.1. The second-order valence-corrected chi connectivity index (χ2v) is 8.57. The molecule has 0 radical (unpaired) electrons. The van der Waals surface area contributed by atoms with Crippen molar-refractivity contribution in [2.75, 3.05) is 20.2 Å². The molecule has 2 atom stereocenters. The van der Waals surface area contributed by atoms with Crippen LogP contribution in [0.15, 0.2) is 58.2 Å². The lowest BCUT2D eigenvalue weighted by Gasteiger charge is -2.29. The van der Waals surface area contributed by atoms with E-state index < -0.39 is 42.8 Å². The molecule has 2 aliphatic rings. The van der Waals surface area contributed by atoms with Crippen LogP contribution in [0.2, 0.25) is 0 Å². The molecule has 4 rings (SSSR count). The molecule has 182 valence electrons. The molecule has 34 heavy (non-hydrogen) atoms. The number of amides is 1. The van der Waals surface area contributed by atoms with E-state index in [1.165, 1.54) is 35.5 Å². The molecule has 3 heterocycles. The molecule has 1 amide bonds. The number of amidine groups is 1. The number of nitrogens with one attached hydrogen (secondary N) is 1. The van der Waals surface area contributed by atoms with Crippen LogP contribution in [-0.2, 0) is 14.3 Å². The lowest BCUT2D eigenvalue weighted by Crippen LogP contribution is -2.45. The van der Waals surface area contributed by atoms with Crippen LogP contribution in [0.5, 0.6) is 0 Å². The highest BCUT2D eigenvalue weighted by Crippen LogP contribution is 2.33. The van der Waals surface area contributed by atoms with Gasteiger partial charge in [0, 0.05) is 30.2 Å². The zero-order valence-electron chi connectivity index (χ0n) is 18.5. The summed E-state index contributed by atoms with van der Waals surface area (Å²) >= 11 is 1.35. The molecule has 0 spiro atoms. The van der Waals surface area contributed by atoms with Gasteiger partial charge in [-0.2, -0.15) is 0 Å². The summed E-state index contributed by atoms with van der Waals surface area (Å²) in [5.74, 6) is -4.22. The topological polar surface area (TPSA) is 110 Å². The average molecular weight is 496 g/mol. The van der Waals surface area contributed by atoms with Crippen molar-refractivity contribution in [3.8, 4) is 0 Å². The van der Waals surface area contributed by atoms with Crippen molar-refractivity contribution in [3.05, 3.63) is 64.0 Å². The maximum Gasteiger partial charge on any atom is 0.337 e. The van der Waals surface area contributed by atoms with Gasteiger partial charge >= 0.3 is 5.97 Å². The number of hydrogen-bond donors (Lipinski definition) is 2. The van der Waals surface area contributed by atoms with Crippen LogP contribution in [-0.4, -0.2) is 65.8 Å². The van der Waals surface area contributed by atoms with Gasteiger partial charge in [0.25, 0.3) is 5.92 Å². The monoisotopic (exact) mass is 495 g/mol. The lowest BCUT2D eigenvalue weighted by molar-refractivity contribution is -0.136. The standard InChI is InChI=1S/C16H19F2N5O3S.C6H5F/c1-8-11(15(25)26-2)9(22-13(21-8)14-20-3-4-27-14)6-23-7-16(17,18)5-10(23)12(19)24;7-6-4-2-1-3-5-6/h3-4,8,10H,5-7H2,1-2H3,(H2,19,24)(H,21,22);1-5H. The Labute approximate surface area is 198 Å². The number of likely N-dealkylation sites (tertiary alicyclic amines) is 1. The van der Waals surface area contributed by atoms with Gasteiger partial charge < -0.3 is 15.8 Å². The number of carbonyl (C=O) groups excluding carboxylic acids is 2. The highest BCUT2D eigenvalue weighted by Gasteiger charge is 2.48. The fourth-order valence-corrected chi connectivity index (χ4v) is 4.27. The number of nitrogens with zero attached hydrogens (tertiary/aromatic N) is 3. The number of esters is 1. The zero-order valence-corrected chi connectivity index (χ0v) is 19.3. The summed E-state index contributed by atoms with van der Waals surface area (Å²) in [6, 6.07) is 6.25. The van der Waals surface area contributed by atoms with Crippen LogP contribution in [0, 0.1) is 5.82 Å². The van der Waals surface area contributed by atoms with Crippen LogP contribution in [0.4, 0.5) is 13.2 Å². The van der Waals surface area contributed by atoms with Gasteiger partial charge in [0.2, 0.25) is 5.91 Å². The van der Waals surface area contributed by atoms with Gasteiger partial charge in [-0.25, -0.2) is 22.9 Å². The Bertz CT molecular complexity index is 1080. The van der Waals surface area contributed by atoms with Gasteiger partial charge in [0.05, 0.1) is 31.3 Å². The summed E-state index contributed by atoms with van der Waals surface area (Å²) in [6.45, 7) is 0.978. The molecule has 1 saturated heterocycles. The fourth-order valence-electron chi connectivity index (χ4n) is 3.68. The Balaban J connectivity index is 0.000000396. The first kappa shape index (κ1) is 25.4. The van der Waals surface area contributed by atoms with Crippen molar-refractivity contribution < 1.29 is 27.5 Å². The Kier molecular flexibility index (Phi) is 8.05. The summed E-state index contributed by atoms with van der Waals surface area (Å²) in [5, 5.41) is 5.37. The van der Waals surface area contributed by atoms with Crippen molar-refractivity contribution >= 4 is 29.0 Å². The minimum Gasteiger partial charge on any atom is -0.466 e. The number of alkyl halides is 2. The molecule has 0 aliphatic carbocycles. The third-order valence-electron chi connectivity index (χ3n) is 5.17. The summed E-state index contributed by atoms with van der Waals surface area (Å²) in [6.07, 6.45) is 0.963. The van der Waals surface area contributed by atoms with E-state index in [1.54, 1.807) is 36.7 Å². The Morgan fingerprint density at radius 1 is 1.32 bits per heavy atom. The minimum atomic E-state index is -3.03. The third kappa shape index (κ3) is 6.20. The molecule has 8 nitrogen and oxygen atoms in total. The molecule has 2 unspecified atom stereocenters. The number of rotatable bonds is 5. The molecule has 2 aliphatic heterocycles. The van der Waals surface area contributed by atoms with E-state index in [4.69, 9.17) is 10.5 Å². The number of hydrogen-bond acceptors (Lipinski definition) is 8. The number of aromatic nitrogens is 1. The number of ether oxygens (including phenoxy) is 1. The predicted molar refractivity (Wildman–Crippen MR) is 121 cm³/mol. The first-order valence-corrected chi connectivity index (χ1v) is 11.2. The lowest BCUT2D eigenvalue weighted by atomic mass is 10.0. The Hall–Kier alpha value is -3.25. The molecule has 1 aromatic carbocycles. The van der Waals surface area contributed by atoms with Gasteiger partial charge in [-0.3, -0.25) is 14.7 Å². The number of thiazole rings is 1. The zero-order chi connectivity index (χ0) is 24.9. The number of aliphatic imine (C=N–C) groups is 1. The summed E-state index contributed by atoms with van der Waals surface area (Å²) in [5.41, 5.74) is 5.86. The second-order valence-electron chi connectivity index (χ2n) is 7.68. The first-order valence-electron chi connectivity index (χ1n) is 10.3. The summed E-state index contributed by atoms with van der Waals surface area (Å²) in [7, 11) is 1.23. The molecule has 0 saturated carbocycles. The second kappa shape index (κ2) is 10.8. The van der Waals surface area contributed by atoms with E-state index >= 15 is 0 Å². The van der Waals surface area contributed by atoms with Crippen LogP contribution in [0.25, 0.3) is 0 Å². The first-order chi connectivity index (χ1) is 16.1. The van der Waals surface area contributed by atoms with Gasteiger partial charge in [0.15, 0.2) is 10.8 Å². The molecule has 1 aromatic heterocycles. The molecule has 1 fully saturated rings. The van der Waals surface area contributed by atoms with E-state index in [0.29, 0.717) is 16.5 Å². The molecule has 12 heteroatoms. The largest absolute Gasteiger partial charge is 0.466 e. The van der Waals surface area contributed by atoms with Crippen molar-refractivity contribution in [2.24, 2.45) is 10.7 Å². The SMILES string of the molecule is COC(=O)C1=C(CN2CC(F)(F)CC2C(N)=O)NC(c2nccs2)=NC1C.Fc1ccccc1. The number of methoxy groups -OCH3 is 1. The molecule has 3 N–H and O–H groups in total. The van der Waals surface area contributed by atoms with Gasteiger partial charge in [-0.15, -0.1) is 11.3 Å². The summed E-state index contributed by atoms with van der Waals surface area (Å²) < 4.78 is 44.4. The number of benzene rings is 1. The van der Waals surface area contributed by atoms with E-state index in [9.17, 15) is 22.8 Å². The molecular formula is C22H24F3N5O3S. The average Bonchev–Trinajstić information content (AvgIpc) is 3.42. The number of halogens is 3. The van der Waals surface area contributed by atoms with Crippen molar-refractivity contribution in [1.29, 1.82) is 0 Å². The van der Waals surface area contributed by atoms with Crippen LogP contribution >= 0.6 is 11.3 Å². The minimum absolute atomic E-state index is 0.0949. The maximum atomic E-state index is 13.8. The predicted octanol–water partition coefficient (Wildman–Crippen LogP) is 2.33. The van der Waals surface area contributed by atoms with Crippen molar-refractivity contribution in [2.45, 2.75) is 31.4 Å². The van der Waals surface area contributed by atoms with E-state index in [0.717, 1.165) is 0 Å². The van der Waals surface area contributed by atoms with E-state index in [-0.39, 0.29) is 17.9 Å². The molecular weight excluding hydrogens is 471 g/mol. The maximum absolute atomic E-state index is 13.8. The van der Waals surface area contributed by atoms with Gasteiger partial charge in [-0.1, -0.05) is 18.2 Å². The Morgan fingerprint density at radius 2 is 2.03 bits per heavy atom. The van der Waals surface area contributed by atoms with E-state index in [1.807, 2.05) is 0 Å². The normalized spacial score (nSPS) is 21.7. The molecule has 0 bridgehead atoms. The van der Waals surface area contributed by atoms with Crippen molar-refractivity contribution in [1.82, 2.24) is 15.2 Å². The van der Waals surface area contributed by atoms with E-state index in [2.05, 4.69) is 15.3 Å². The number of nitrogens with two attached hydrogens (primary N) is 1. The molecule has 2 aromatic rings. The third-order valence-corrected chi connectivity index (χ3v) is 5.94. The quantitative estimate of drug-likeness (QED) is 0.617. The van der Waals surface area contributed by atoms with Crippen LogP contribution in [0.3, 0.4) is 0 Å². The highest BCUT2D eigenvalue weighted by molar-refractivity contribution is 7.11. The summed E-state index contributed by atoms with van der Waals surface area (Å²) in [4.78, 5) is 33.7. The number of carbonyl (C=O) groups is 2. The fraction of sp³-hybridized carbons (Fsp3) is 0.364. The number of primary amides is 1. The van der Waals surface area contributed by atoms with Gasteiger partial charge in [0.1, 0.15) is 5.82 Å².